The summed E-state index contributed by atoms with van der Waals surface area (Å²) >= 11 is 0. The molecule has 4 rings (SSSR count). The number of aliphatic imine (C=N–C) groups is 1. The second-order valence-corrected chi connectivity index (χ2v) is 8.32. The first-order valence-electron chi connectivity index (χ1n) is 10.9. The van der Waals surface area contributed by atoms with Crippen molar-refractivity contribution in [3.05, 3.63) is 35.4 Å². The van der Waals surface area contributed by atoms with E-state index in [0.717, 1.165) is 31.5 Å². The Hall–Kier alpha value is -1.59. The summed E-state index contributed by atoms with van der Waals surface area (Å²) in [5, 5.41) is 7.20. The van der Waals surface area contributed by atoms with Crippen LogP contribution in [-0.2, 0) is 13.1 Å². The zero-order valence-corrected chi connectivity index (χ0v) is 16.8. The SMILES string of the molecule is CCN1CCN(Cc2ccccc2CNC2=NC[C@@H](C3CCCC3)N2)CC1. The predicted molar refractivity (Wildman–Crippen MR) is 112 cm³/mol. The minimum absolute atomic E-state index is 0.556. The Morgan fingerprint density at radius 1 is 1.04 bits per heavy atom. The maximum atomic E-state index is 4.72. The second-order valence-electron chi connectivity index (χ2n) is 8.32. The number of benzene rings is 1. The Balaban J connectivity index is 1.28. The largest absolute Gasteiger partial charge is 0.352 e. The molecule has 0 radical (unpaired) electrons. The Morgan fingerprint density at radius 2 is 1.74 bits per heavy atom. The maximum Gasteiger partial charge on any atom is 0.191 e. The van der Waals surface area contributed by atoms with Gasteiger partial charge in [0.2, 0.25) is 0 Å². The van der Waals surface area contributed by atoms with Gasteiger partial charge in [0.15, 0.2) is 5.96 Å². The molecule has 148 valence electrons. The van der Waals surface area contributed by atoms with Crippen LogP contribution in [0.5, 0.6) is 0 Å². The van der Waals surface area contributed by atoms with E-state index < -0.39 is 0 Å². The first kappa shape index (κ1) is 18.8. The molecular weight excluding hydrogens is 334 g/mol. The highest BCUT2D eigenvalue weighted by atomic mass is 15.3. The summed E-state index contributed by atoms with van der Waals surface area (Å²) in [4.78, 5) is 9.84. The molecule has 27 heavy (non-hydrogen) atoms. The monoisotopic (exact) mass is 369 g/mol. The fraction of sp³-hybridized carbons (Fsp3) is 0.682. The van der Waals surface area contributed by atoms with Crippen molar-refractivity contribution in [3.8, 4) is 0 Å². The molecule has 1 saturated carbocycles. The van der Waals surface area contributed by atoms with Crippen LogP contribution in [0.2, 0.25) is 0 Å². The van der Waals surface area contributed by atoms with E-state index >= 15 is 0 Å². The van der Waals surface area contributed by atoms with Gasteiger partial charge in [0.25, 0.3) is 0 Å². The van der Waals surface area contributed by atoms with E-state index in [-0.39, 0.29) is 0 Å². The molecule has 1 aliphatic carbocycles. The molecule has 0 aromatic heterocycles. The van der Waals surface area contributed by atoms with Crippen molar-refractivity contribution < 1.29 is 0 Å². The molecule has 2 heterocycles. The van der Waals surface area contributed by atoms with Gasteiger partial charge in [-0.15, -0.1) is 0 Å². The first-order chi connectivity index (χ1) is 13.3. The summed E-state index contributed by atoms with van der Waals surface area (Å²) in [6, 6.07) is 9.42. The minimum atomic E-state index is 0.556. The van der Waals surface area contributed by atoms with Gasteiger partial charge in [0.05, 0.1) is 12.6 Å². The van der Waals surface area contributed by atoms with Gasteiger partial charge in [-0.25, -0.2) is 0 Å². The number of guanidine groups is 1. The summed E-state index contributed by atoms with van der Waals surface area (Å²) in [7, 11) is 0. The van der Waals surface area contributed by atoms with Gasteiger partial charge in [0, 0.05) is 39.3 Å². The summed E-state index contributed by atoms with van der Waals surface area (Å²) in [6.07, 6.45) is 5.53. The smallest absolute Gasteiger partial charge is 0.191 e. The number of rotatable bonds is 6. The van der Waals surface area contributed by atoms with Crippen molar-refractivity contribution in [2.75, 3.05) is 39.3 Å². The van der Waals surface area contributed by atoms with E-state index in [4.69, 9.17) is 4.99 Å². The second kappa shape index (κ2) is 9.07. The van der Waals surface area contributed by atoms with E-state index in [1.807, 2.05) is 0 Å². The van der Waals surface area contributed by atoms with E-state index in [2.05, 4.69) is 51.6 Å². The topological polar surface area (TPSA) is 42.9 Å². The lowest BCUT2D eigenvalue weighted by Gasteiger charge is -2.34. The van der Waals surface area contributed by atoms with Crippen LogP contribution in [0.15, 0.2) is 29.3 Å². The van der Waals surface area contributed by atoms with Crippen LogP contribution in [0.3, 0.4) is 0 Å². The molecule has 2 N–H and O–H groups in total. The number of likely N-dealkylation sites (N-methyl/N-ethyl adjacent to an activating group) is 1. The van der Waals surface area contributed by atoms with Crippen molar-refractivity contribution in [1.29, 1.82) is 0 Å². The van der Waals surface area contributed by atoms with Gasteiger partial charge in [-0.2, -0.15) is 0 Å². The van der Waals surface area contributed by atoms with Crippen molar-refractivity contribution in [3.63, 3.8) is 0 Å². The Kier molecular flexibility index (Phi) is 6.30. The molecule has 1 aromatic rings. The first-order valence-corrected chi connectivity index (χ1v) is 10.9. The van der Waals surface area contributed by atoms with Crippen molar-refractivity contribution in [2.24, 2.45) is 10.9 Å². The van der Waals surface area contributed by atoms with Crippen molar-refractivity contribution in [1.82, 2.24) is 20.4 Å². The fourth-order valence-corrected chi connectivity index (χ4v) is 4.76. The molecular formula is C22H35N5. The van der Waals surface area contributed by atoms with Crippen LogP contribution in [0.25, 0.3) is 0 Å². The predicted octanol–water partition coefficient (Wildman–Crippen LogP) is 2.43. The summed E-state index contributed by atoms with van der Waals surface area (Å²) in [5.74, 6) is 1.82. The third-order valence-corrected chi connectivity index (χ3v) is 6.61. The van der Waals surface area contributed by atoms with Crippen LogP contribution in [0.1, 0.15) is 43.7 Å². The van der Waals surface area contributed by atoms with Gasteiger partial charge in [-0.05, 0) is 36.4 Å². The molecule has 0 unspecified atom stereocenters. The number of nitrogens with one attached hydrogen (secondary N) is 2. The van der Waals surface area contributed by atoms with E-state index in [1.54, 1.807) is 0 Å². The number of nitrogens with zero attached hydrogens (tertiary/aromatic N) is 3. The summed E-state index contributed by atoms with van der Waals surface area (Å²) < 4.78 is 0. The molecule has 0 bridgehead atoms. The number of hydrogen-bond donors (Lipinski definition) is 2. The average Bonchev–Trinajstić information content (AvgIpc) is 3.40. The zero-order valence-electron chi connectivity index (χ0n) is 16.8. The molecule has 0 spiro atoms. The van der Waals surface area contributed by atoms with Gasteiger partial charge >= 0.3 is 0 Å². The Labute approximate surface area is 164 Å². The molecule has 5 heteroatoms. The number of piperazine rings is 1. The molecule has 2 aliphatic heterocycles. The van der Waals surface area contributed by atoms with Gasteiger partial charge in [0.1, 0.15) is 0 Å². The molecule has 1 saturated heterocycles. The van der Waals surface area contributed by atoms with Gasteiger partial charge in [-0.3, -0.25) is 9.89 Å². The van der Waals surface area contributed by atoms with Crippen molar-refractivity contribution >= 4 is 5.96 Å². The lowest BCUT2D eigenvalue weighted by Crippen LogP contribution is -2.45. The summed E-state index contributed by atoms with van der Waals surface area (Å²) in [6.45, 7) is 11.0. The maximum absolute atomic E-state index is 4.72. The highest BCUT2D eigenvalue weighted by Gasteiger charge is 2.28. The van der Waals surface area contributed by atoms with Crippen LogP contribution < -0.4 is 10.6 Å². The van der Waals surface area contributed by atoms with E-state index in [9.17, 15) is 0 Å². The Bertz CT molecular complexity index is 629. The van der Waals surface area contributed by atoms with E-state index in [1.165, 1.54) is 69.5 Å². The zero-order chi connectivity index (χ0) is 18.5. The van der Waals surface area contributed by atoms with Crippen LogP contribution in [0.4, 0.5) is 0 Å². The molecule has 1 aromatic carbocycles. The molecule has 0 amide bonds. The standard InChI is InChI=1S/C22H35N5/c1-2-26-11-13-27(14-12-26)17-20-10-6-5-9-19(20)15-23-22-24-16-21(25-22)18-7-3-4-8-18/h5-6,9-10,18,21H,2-4,7-8,11-17H2,1H3,(H2,23,24,25)/t21-/m0/s1. The quantitative estimate of drug-likeness (QED) is 0.808. The van der Waals surface area contributed by atoms with Crippen LogP contribution in [-0.4, -0.2) is 61.1 Å². The minimum Gasteiger partial charge on any atom is -0.352 e. The van der Waals surface area contributed by atoms with Crippen LogP contribution in [0, 0.1) is 5.92 Å². The third-order valence-electron chi connectivity index (χ3n) is 6.61. The molecule has 1 atom stereocenters. The van der Waals surface area contributed by atoms with Crippen molar-refractivity contribution in [2.45, 2.75) is 51.7 Å². The molecule has 2 fully saturated rings. The van der Waals surface area contributed by atoms with Gasteiger partial charge < -0.3 is 15.5 Å². The average molecular weight is 370 g/mol. The fourth-order valence-electron chi connectivity index (χ4n) is 4.76. The normalized spacial score (nSPS) is 24.8. The lowest BCUT2D eigenvalue weighted by molar-refractivity contribution is 0.131. The van der Waals surface area contributed by atoms with Crippen LogP contribution >= 0.6 is 0 Å². The summed E-state index contributed by atoms with van der Waals surface area (Å²) in [5.41, 5.74) is 2.84. The van der Waals surface area contributed by atoms with E-state index in [0.29, 0.717) is 6.04 Å². The molecule has 5 nitrogen and oxygen atoms in total. The Morgan fingerprint density at radius 3 is 2.48 bits per heavy atom. The lowest BCUT2D eigenvalue weighted by atomic mass is 9.99. The molecule has 3 aliphatic rings. The third kappa shape index (κ3) is 4.82. The highest BCUT2D eigenvalue weighted by Crippen LogP contribution is 2.28. The van der Waals surface area contributed by atoms with Gasteiger partial charge in [-0.1, -0.05) is 44.0 Å². The number of hydrogen-bond acceptors (Lipinski definition) is 5. The highest BCUT2D eigenvalue weighted by molar-refractivity contribution is 5.81.